The van der Waals surface area contributed by atoms with Gasteiger partial charge < -0.3 is 10.4 Å². The van der Waals surface area contributed by atoms with E-state index in [1.165, 1.54) is 0 Å². The van der Waals surface area contributed by atoms with Crippen LogP contribution in [-0.4, -0.2) is 23.7 Å². The van der Waals surface area contributed by atoms with Crippen molar-refractivity contribution in [1.29, 1.82) is 0 Å². The molecule has 96 valence electrons. The summed E-state index contributed by atoms with van der Waals surface area (Å²) in [6, 6.07) is 0.132. The van der Waals surface area contributed by atoms with Gasteiger partial charge in [0, 0.05) is 19.1 Å². The van der Waals surface area contributed by atoms with Crippen molar-refractivity contribution in [2.24, 2.45) is 5.41 Å². The number of aliphatic hydroxyl groups is 1. The molecule has 1 atom stereocenters. The minimum absolute atomic E-state index is 0.115. The minimum Gasteiger partial charge on any atom is -0.396 e. The lowest BCUT2D eigenvalue weighted by Gasteiger charge is -2.19. The molecule has 0 fully saturated rings. The van der Waals surface area contributed by atoms with Crippen molar-refractivity contribution >= 4 is 5.91 Å². The van der Waals surface area contributed by atoms with Crippen LogP contribution in [0.3, 0.4) is 0 Å². The van der Waals surface area contributed by atoms with E-state index in [1.807, 2.05) is 6.92 Å². The summed E-state index contributed by atoms with van der Waals surface area (Å²) in [5, 5.41) is 11.8. The van der Waals surface area contributed by atoms with E-state index in [9.17, 15) is 4.79 Å². The largest absolute Gasteiger partial charge is 0.396 e. The fourth-order valence-electron chi connectivity index (χ4n) is 1.61. The molecule has 0 heterocycles. The van der Waals surface area contributed by atoms with E-state index in [1.54, 1.807) is 0 Å². The molecule has 16 heavy (non-hydrogen) atoms. The maximum absolute atomic E-state index is 11.6. The van der Waals surface area contributed by atoms with E-state index < -0.39 is 0 Å². The number of hydrogen-bond acceptors (Lipinski definition) is 2. The normalized spacial score (nSPS) is 13.6. The van der Waals surface area contributed by atoms with Crippen LogP contribution in [0.25, 0.3) is 0 Å². The van der Waals surface area contributed by atoms with Gasteiger partial charge in [-0.15, -0.1) is 0 Å². The molecule has 0 rings (SSSR count). The molecule has 0 saturated heterocycles. The summed E-state index contributed by atoms with van der Waals surface area (Å²) in [5.41, 5.74) is 0.301. The maximum Gasteiger partial charge on any atom is 0.220 e. The molecular formula is C13H27NO2. The van der Waals surface area contributed by atoms with E-state index in [2.05, 4.69) is 26.1 Å². The number of aliphatic hydroxyl groups excluding tert-OH is 1. The third kappa shape index (κ3) is 8.72. The van der Waals surface area contributed by atoms with Crippen molar-refractivity contribution in [3.05, 3.63) is 0 Å². The molecule has 3 nitrogen and oxygen atoms in total. The molecule has 0 aliphatic heterocycles. The topological polar surface area (TPSA) is 49.3 Å². The van der Waals surface area contributed by atoms with Gasteiger partial charge >= 0.3 is 0 Å². The number of carbonyl (C=O) groups is 1. The van der Waals surface area contributed by atoms with Crippen LogP contribution < -0.4 is 5.32 Å². The smallest absolute Gasteiger partial charge is 0.220 e. The third-order valence-corrected chi connectivity index (χ3v) is 2.67. The van der Waals surface area contributed by atoms with Gasteiger partial charge in [0.25, 0.3) is 0 Å². The molecule has 0 aliphatic carbocycles. The number of carbonyl (C=O) groups excluding carboxylic acids is 1. The summed E-state index contributed by atoms with van der Waals surface area (Å²) in [4.78, 5) is 11.6. The van der Waals surface area contributed by atoms with Gasteiger partial charge in [-0.25, -0.2) is 0 Å². The highest BCUT2D eigenvalue weighted by atomic mass is 16.3. The molecule has 0 spiro atoms. The SMILES string of the molecule is CCC(CCO)NC(=O)CCCC(C)(C)C. The second-order valence-electron chi connectivity index (χ2n) is 5.60. The Morgan fingerprint density at radius 2 is 2.00 bits per heavy atom. The van der Waals surface area contributed by atoms with Crippen LogP contribution in [0.4, 0.5) is 0 Å². The molecule has 1 amide bonds. The first kappa shape index (κ1) is 15.4. The van der Waals surface area contributed by atoms with Gasteiger partial charge in [-0.05, 0) is 31.1 Å². The highest BCUT2D eigenvalue weighted by Gasteiger charge is 2.13. The standard InChI is InChI=1S/C13H27NO2/c1-5-11(8-10-15)14-12(16)7-6-9-13(2,3)4/h11,15H,5-10H2,1-4H3,(H,14,16). The summed E-state index contributed by atoms with van der Waals surface area (Å²) in [6.07, 6.45) is 4.13. The van der Waals surface area contributed by atoms with E-state index in [4.69, 9.17) is 5.11 Å². The number of hydrogen-bond donors (Lipinski definition) is 2. The number of amides is 1. The van der Waals surface area contributed by atoms with Crippen LogP contribution in [0.2, 0.25) is 0 Å². The van der Waals surface area contributed by atoms with E-state index in [0.717, 1.165) is 19.3 Å². The molecule has 0 aromatic carbocycles. The third-order valence-electron chi connectivity index (χ3n) is 2.67. The number of nitrogens with one attached hydrogen (secondary N) is 1. The first-order valence-electron chi connectivity index (χ1n) is 6.29. The van der Waals surface area contributed by atoms with Crippen molar-refractivity contribution in [1.82, 2.24) is 5.32 Å². The second-order valence-corrected chi connectivity index (χ2v) is 5.60. The van der Waals surface area contributed by atoms with Crippen LogP contribution in [0.15, 0.2) is 0 Å². The molecule has 0 saturated carbocycles. The average Bonchev–Trinajstić information content (AvgIpc) is 2.15. The zero-order chi connectivity index (χ0) is 12.6. The lowest BCUT2D eigenvalue weighted by molar-refractivity contribution is -0.122. The predicted molar refractivity (Wildman–Crippen MR) is 67.2 cm³/mol. The monoisotopic (exact) mass is 229 g/mol. The van der Waals surface area contributed by atoms with Gasteiger partial charge in [0.05, 0.1) is 0 Å². The van der Waals surface area contributed by atoms with Gasteiger partial charge in [-0.2, -0.15) is 0 Å². The minimum atomic E-state index is 0.115. The molecule has 0 radical (unpaired) electrons. The van der Waals surface area contributed by atoms with Gasteiger partial charge in [-0.3, -0.25) is 4.79 Å². The van der Waals surface area contributed by atoms with Crippen LogP contribution in [0, 0.1) is 5.41 Å². The lowest BCUT2D eigenvalue weighted by atomic mass is 9.90. The van der Waals surface area contributed by atoms with E-state index in [-0.39, 0.29) is 18.6 Å². The molecule has 3 heteroatoms. The Morgan fingerprint density at radius 3 is 2.44 bits per heavy atom. The first-order valence-corrected chi connectivity index (χ1v) is 6.29. The van der Waals surface area contributed by atoms with Crippen molar-refractivity contribution in [3.63, 3.8) is 0 Å². The van der Waals surface area contributed by atoms with Crippen LogP contribution in [-0.2, 0) is 4.79 Å². The van der Waals surface area contributed by atoms with Crippen LogP contribution in [0.1, 0.15) is 59.8 Å². The Kier molecular flexibility index (Phi) is 7.39. The average molecular weight is 229 g/mol. The fraction of sp³-hybridized carbons (Fsp3) is 0.923. The summed E-state index contributed by atoms with van der Waals surface area (Å²) in [7, 11) is 0. The van der Waals surface area contributed by atoms with Crippen LogP contribution in [0.5, 0.6) is 0 Å². The van der Waals surface area contributed by atoms with Gasteiger partial charge in [0.1, 0.15) is 0 Å². The number of rotatable bonds is 7. The Hall–Kier alpha value is -0.570. The van der Waals surface area contributed by atoms with Crippen molar-refractivity contribution in [2.45, 2.75) is 65.8 Å². The molecule has 2 N–H and O–H groups in total. The lowest BCUT2D eigenvalue weighted by Crippen LogP contribution is -2.34. The summed E-state index contributed by atoms with van der Waals surface area (Å²) in [5.74, 6) is 0.115. The zero-order valence-electron chi connectivity index (χ0n) is 11.2. The van der Waals surface area contributed by atoms with Crippen molar-refractivity contribution < 1.29 is 9.90 Å². The first-order chi connectivity index (χ1) is 7.39. The Balaban J connectivity index is 3.72. The summed E-state index contributed by atoms with van der Waals surface area (Å²) in [6.45, 7) is 8.72. The maximum atomic E-state index is 11.6. The highest BCUT2D eigenvalue weighted by molar-refractivity contribution is 5.76. The molecular weight excluding hydrogens is 202 g/mol. The second kappa shape index (κ2) is 7.66. The molecule has 0 aliphatic rings. The molecule has 0 bridgehead atoms. The van der Waals surface area contributed by atoms with Crippen LogP contribution >= 0.6 is 0 Å². The van der Waals surface area contributed by atoms with Crippen molar-refractivity contribution in [3.8, 4) is 0 Å². The summed E-state index contributed by atoms with van der Waals surface area (Å²) < 4.78 is 0. The van der Waals surface area contributed by atoms with E-state index >= 15 is 0 Å². The van der Waals surface area contributed by atoms with Gasteiger partial charge in [0.15, 0.2) is 0 Å². The Morgan fingerprint density at radius 1 is 1.38 bits per heavy atom. The molecule has 1 unspecified atom stereocenters. The Bertz CT molecular complexity index is 197. The molecule has 0 aromatic rings. The van der Waals surface area contributed by atoms with Crippen molar-refractivity contribution in [2.75, 3.05) is 6.61 Å². The fourth-order valence-corrected chi connectivity index (χ4v) is 1.61. The highest BCUT2D eigenvalue weighted by Crippen LogP contribution is 2.21. The zero-order valence-corrected chi connectivity index (χ0v) is 11.2. The predicted octanol–water partition coefficient (Wildman–Crippen LogP) is 2.48. The Labute approximate surface area is 99.6 Å². The summed E-state index contributed by atoms with van der Waals surface area (Å²) >= 11 is 0. The quantitative estimate of drug-likeness (QED) is 0.704. The van der Waals surface area contributed by atoms with E-state index in [0.29, 0.717) is 18.3 Å². The molecule has 0 aromatic heterocycles. The van der Waals surface area contributed by atoms with Gasteiger partial charge in [-0.1, -0.05) is 27.7 Å². The van der Waals surface area contributed by atoms with Gasteiger partial charge in [0.2, 0.25) is 5.91 Å².